The number of aliphatic hydroxyl groups is 1. The number of aliphatic hydroxyl groups excluding tert-OH is 1. The van der Waals surface area contributed by atoms with Crippen LogP contribution >= 0.6 is 7.82 Å². The van der Waals surface area contributed by atoms with Crippen molar-refractivity contribution in [2.24, 2.45) is 5.73 Å². The van der Waals surface area contributed by atoms with E-state index in [1.54, 1.807) is 4.57 Å². The Hall–Kier alpha value is -1.40. The Morgan fingerprint density at radius 1 is 1.44 bits per heavy atom. The molecular formula is C12H20BN6O5P. The molecule has 136 valence electrons. The zero-order valence-corrected chi connectivity index (χ0v) is 14.6. The summed E-state index contributed by atoms with van der Waals surface area (Å²) in [5.74, 6) is 0.564. The van der Waals surface area contributed by atoms with Crippen LogP contribution in [0.4, 0.5) is 5.82 Å². The molecule has 0 spiro atoms. The molecule has 0 amide bonds. The summed E-state index contributed by atoms with van der Waals surface area (Å²) in [6, 6.07) is 0. The van der Waals surface area contributed by atoms with Crippen molar-refractivity contribution >= 4 is 32.4 Å². The molecule has 5 N–H and O–H groups in total. The van der Waals surface area contributed by atoms with Crippen molar-refractivity contribution in [3.8, 4) is 0 Å². The van der Waals surface area contributed by atoms with Crippen molar-refractivity contribution in [2.45, 2.75) is 24.5 Å². The Kier molecular flexibility index (Phi) is 4.36. The summed E-state index contributed by atoms with van der Waals surface area (Å²) in [5, 5.41) is 13.7. The van der Waals surface area contributed by atoms with Crippen LogP contribution in [0.25, 0.3) is 11.2 Å². The van der Waals surface area contributed by atoms with Gasteiger partial charge in [0.15, 0.2) is 0 Å². The summed E-state index contributed by atoms with van der Waals surface area (Å²) in [6.45, 7) is 1.18. The number of anilines is 1. The van der Waals surface area contributed by atoms with Crippen molar-refractivity contribution in [1.29, 1.82) is 0 Å². The molecule has 0 aliphatic carbocycles. The zero-order chi connectivity index (χ0) is 17.6. The van der Waals surface area contributed by atoms with E-state index in [-0.39, 0.29) is 6.61 Å². The standard InChI is InChI=1S/C12H20BN6O5P/c13-25(21)22-3-6-9(24-25)8(20)12(23-6)19-5-18-7-10(15-2-1-14)16-4-17-11(7)19/h4-6,8-9,12,20-21,25H,1-3,13-14H2,(H,15,16,17)/t6-,8+,9+,12-/m1/s1. The Bertz CT molecular complexity index is 778. The average Bonchev–Trinajstić information content (AvgIpc) is 3.14. The molecule has 2 aromatic rings. The molecule has 0 saturated carbocycles. The van der Waals surface area contributed by atoms with E-state index in [1.165, 1.54) is 20.2 Å². The molecule has 0 unspecified atom stereocenters. The van der Waals surface area contributed by atoms with Gasteiger partial charge in [0.1, 0.15) is 0 Å². The van der Waals surface area contributed by atoms with E-state index in [0.717, 1.165) is 0 Å². The van der Waals surface area contributed by atoms with Gasteiger partial charge >= 0.3 is 144 Å². The number of hydrogen-bond donors (Lipinski definition) is 4. The fraction of sp³-hybridized carbons (Fsp3) is 0.583. The first-order valence-electron chi connectivity index (χ1n) is 7.99. The van der Waals surface area contributed by atoms with Crippen LogP contribution in [-0.4, -0.2) is 75.1 Å². The minimum atomic E-state index is -3.22. The van der Waals surface area contributed by atoms with Gasteiger partial charge in [-0.2, -0.15) is 0 Å². The number of nitrogens with zero attached hydrogens (tertiary/aromatic N) is 4. The van der Waals surface area contributed by atoms with Gasteiger partial charge in [0, 0.05) is 0 Å². The van der Waals surface area contributed by atoms with E-state index >= 15 is 0 Å². The second-order valence-electron chi connectivity index (χ2n) is 6.11. The maximum atomic E-state index is 10.6. The predicted molar refractivity (Wildman–Crippen MR) is 92.7 cm³/mol. The molecule has 0 aromatic carbocycles. The van der Waals surface area contributed by atoms with Gasteiger partial charge in [-0.05, 0) is 0 Å². The molecule has 0 radical (unpaired) electrons. The topological polar surface area (TPSA) is 150 Å². The SMILES string of the molecule is B[PH]1(O)OC[C@H]2O[C@@H](n3cnc4c(NCCN)ncnc43)[C@@H](O)[C@H]2O1. The molecule has 2 saturated heterocycles. The fourth-order valence-electron chi connectivity index (χ4n) is 3.11. The second kappa shape index (κ2) is 6.40. The number of imidazole rings is 1. The van der Waals surface area contributed by atoms with Crippen LogP contribution in [0.3, 0.4) is 0 Å². The second-order valence-corrected chi connectivity index (χ2v) is 8.43. The van der Waals surface area contributed by atoms with E-state index < -0.39 is 32.4 Å². The molecule has 4 rings (SSSR count). The van der Waals surface area contributed by atoms with Gasteiger partial charge in [-0.1, -0.05) is 0 Å². The van der Waals surface area contributed by atoms with Gasteiger partial charge in [-0.25, -0.2) is 0 Å². The van der Waals surface area contributed by atoms with Crippen LogP contribution in [0.5, 0.6) is 0 Å². The Morgan fingerprint density at radius 3 is 3.08 bits per heavy atom. The third-order valence-electron chi connectivity index (χ3n) is 4.25. The molecule has 11 nitrogen and oxygen atoms in total. The van der Waals surface area contributed by atoms with Crippen molar-refractivity contribution in [1.82, 2.24) is 19.5 Å². The molecular weight excluding hydrogens is 350 g/mol. The molecule has 2 aliphatic rings. The van der Waals surface area contributed by atoms with E-state index in [2.05, 4.69) is 20.3 Å². The van der Waals surface area contributed by atoms with Gasteiger partial charge in [0.25, 0.3) is 0 Å². The number of nitrogens with two attached hydrogens (primary N) is 1. The van der Waals surface area contributed by atoms with Crippen LogP contribution in [0, 0.1) is 0 Å². The fourth-order valence-corrected chi connectivity index (χ4v) is 4.45. The quantitative estimate of drug-likeness (QED) is 0.348. The summed E-state index contributed by atoms with van der Waals surface area (Å²) in [7, 11) is -1.71. The van der Waals surface area contributed by atoms with Gasteiger partial charge in [-0.15, -0.1) is 0 Å². The van der Waals surface area contributed by atoms with Crippen LogP contribution in [0.1, 0.15) is 6.23 Å². The first-order chi connectivity index (χ1) is 12.0. The number of fused-ring (bicyclic) bond motifs is 2. The number of nitrogens with one attached hydrogen (secondary N) is 1. The first-order valence-corrected chi connectivity index (χ1v) is 10.3. The Morgan fingerprint density at radius 2 is 2.28 bits per heavy atom. The van der Waals surface area contributed by atoms with E-state index in [0.29, 0.717) is 30.1 Å². The van der Waals surface area contributed by atoms with Gasteiger partial charge in [0.2, 0.25) is 0 Å². The summed E-state index contributed by atoms with van der Waals surface area (Å²) in [4.78, 5) is 22.8. The molecule has 0 bridgehead atoms. The number of aromatic nitrogens is 4. The molecule has 13 heteroatoms. The number of hydrogen-bond acceptors (Lipinski definition) is 10. The Labute approximate surface area is 144 Å². The zero-order valence-electron chi connectivity index (χ0n) is 13.6. The van der Waals surface area contributed by atoms with Gasteiger partial charge < -0.3 is 0 Å². The number of rotatable bonds is 4. The Balaban J connectivity index is 1.64. The van der Waals surface area contributed by atoms with Crippen molar-refractivity contribution in [3.63, 3.8) is 0 Å². The summed E-state index contributed by atoms with van der Waals surface area (Å²) in [5.41, 5.74) is 6.58. The van der Waals surface area contributed by atoms with Gasteiger partial charge in [-0.3, -0.25) is 0 Å². The van der Waals surface area contributed by atoms with E-state index in [9.17, 15) is 10.00 Å². The van der Waals surface area contributed by atoms with E-state index in [4.69, 9.17) is 19.5 Å². The van der Waals surface area contributed by atoms with E-state index in [1.807, 2.05) is 0 Å². The minimum absolute atomic E-state index is 0.169. The van der Waals surface area contributed by atoms with Gasteiger partial charge in [0.05, 0.1) is 0 Å². The maximum absolute atomic E-state index is 10.6. The van der Waals surface area contributed by atoms with Crippen molar-refractivity contribution in [3.05, 3.63) is 12.7 Å². The van der Waals surface area contributed by atoms with Crippen LogP contribution in [0.15, 0.2) is 12.7 Å². The summed E-state index contributed by atoms with van der Waals surface area (Å²) < 4.78 is 18.3. The molecule has 4 atom stereocenters. The molecule has 2 aliphatic heterocycles. The predicted octanol–water partition coefficient (Wildman–Crippen LogP) is -2.09. The van der Waals surface area contributed by atoms with Crippen LogP contribution in [0.2, 0.25) is 0 Å². The molecule has 25 heavy (non-hydrogen) atoms. The first kappa shape index (κ1) is 17.0. The third kappa shape index (κ3) is 3.00. The summed E-state index contributed by atoms with van der Waals surface area (Å²) in [6.07, 6.45) is 0.0838. The van der Waals surface area contributed by atoms with Crippen LogP contribution < -0.4 is 11.1 Å². The monoisotopic (exact) mass is 370 g/mol. The molecule has 4 heterocycles. The van der Waals surface area contributed by atoms with Crippen molar-refractivity contribution in [2.75, 3.05) is 25.0 Å². The summed E-state index contributed by atoms with van der Waals surface area (Å²) >= 11 is 0. The average molecular weight is 370 g/mol. The number of ether oxygens (including phenoxy) is 1. The van der Waals surface area contributed by atoms with Crippen molar-refractivity contribution < 1.29 is 23.8 Å². The third-order valence-corrected chi connectivity index (χ3v) is 5.66. The normalized spacial score (nSPS) is 32.4. The molecule has 2 fully saturated rings. The van der Waals surface area contributed by atoms with Crippen LogP contribution in [-0.2, 0) is 13.8 Å². The molecule has 2 aromatic heterocycles.